The van der Waals surface area contributed by atoms with Gasteiger partial charge in [0.15, 0.2) is 5.65 Å². The molecule has 0 amide bonds. The fourth-order valence-electron chi connectivity index (χ4n) is 1.52. The molecule has 2 rings (SSSR count). The molecule has 9 nitrogen and oxygen atoms in total. The number of imidazole rings is 1. The molecule has 2 heterocycles. The van der Waals surface area contributed by atoms with Crippen LogP contribution in [0, 0.1) is 0 Å². The Morgan fingerprint density at radius 1 is 1.40 bits per heavy atom. The van der Waals surface area contributed by atoms with E-state index in [1.54, 1.807) is 7.05 Å². The van der Waals surface area contributed by atoms with Gasteiger partial charge in [-0.05, 0) is 13.0 Å². The Bertz CT molecular complexity index is 712. The van der Waals surface area contributed by atoms with Gasteiger partial charge in [-0.15, -0.1) is 0 Å². The first-order valence-electron chi connectivity index (χ1n) is 5.91. The molecule has 20 heavy (non-hydrogen) atoms. The Morgan fingerprint density at radius 3 is 2.55 bits per heavy atom. The molecule has 0 unspecified atom stereocenters. The van der Waals surface area contributed by atoms with Gasteiger partial charge in [-0.3, -0.25) is 18.7 Å². The molecule has 0 atom stereocenters. The maximum absolute atomic E-state index is 11.4. The number of rotatable bonds is 3. The summed E-state index contributed by atoms with van der Waals surface area (Å²) in [6.45, 7) is 0.465. The van der Waals surface area contributed by atoms with Crippen LogP contribution in [0.5, 0.6) is 0 Å². The molecule has 9 heteroatoms. The third-order valence-corrected chi connectivity index (χ3v) is 2.62. The molecule has 0 bridgehead atoms. The van der Waals surface area contributed by atoms with Crippen LogP contribution in [0.2, 0.25) is 0 Å². The van der Waals surface area contributed by atoms with Crippen molar-refractivity contribution >= 4 is 17.1 Å². The third kappa shape index (κ3) is 3.32. The summed E-state index contributed by atoms with van der Waals surface area (Å²) >= 11 is 0. The van der Waals surface area contributed by atoms with Crippen LogP contribution in [0.3, 0.4) is 0 Å². The molecule has 110 valence electrons. The van der Waals surface area contributed by atoms with Crippen molar-refractivity contribution in [2.45, 2.75) is 12.8 Å². The van der Waals surface area contributed by atoms with Crippen molar-refractivity contribution in [3.8, 4) is 0 Å². The van der Waals surface area contributed by atoms with E-state index in [1.807, 2.05) is 0 Å². The lowest BCUT2D eigenvalue weighted by molar-refractivity contribution is -0.137. The van der Waals surface area contributed by atoms with Crippen LogP contribution in [-0.2, 0) is 18.9 Å². The lowest BCUT2D eigenvalue weighted by atomic mass is 10.3. The van der Waals surface area contributed by atoms with Gasteiger partial charge in [0.25, 0.3) is 5.56 Å². The van der Waals surface area contributed by atoms with Gasteiger partial charge in [0, 0.05) is 20.5 Å². The fourth-order valence-corrected chi connectivity index (χ4v) is 1.52. The summed E-state index contributed by atoms with van der Waals surface area (Å²) in [5.74, 6) is -0.773. The van der Waals surface area contributed by atoms with Crippen LogP contribution < -0.4 is 17.0 Å². The van der Waals surface area contributed by atoms with Crippen LogP contribution in [0.4, 0.5) is 0 Å². The summed E-state index contributed by atoms with van der Waals surface area (Å²) in [6.07, 6.45) is 2.16. The van der Waals surface area contributed by atoms with Crippen LogP contribution >= 0.6 is 0 Å². The predicted molar refractivity (Wildman–Crippen MR) is 72.5 cm³/mol. The molecule has 0 saturated carbocycles. The number of fused-ring (bicyclic) bond motifs is 1. The Hall–Kier alpha value is -2.42. The molecule has 0 aliphatic carbocycles. The third-order valence-electron chi connectivity index (χ3n) is 2.62. The predicted octanol–water partition coefficient (Wildman–Crippen LogP) is -1.23. The molecule has 0 spiro atoms. The maximum atomic E-state index is 11.4. The topological polar surface area (TPSA) is 136 Å². The summed E-state index contributed by atoms with van der Waals surface area (Å²) in [4.78, 5) is 39.1. The lowest BCUT2D eigenvalue weighted by Gasteiger charge is -2.00. The first kappa shape index (κ1) is 15.6. The number of aliphatic carboxylic acids is 1. The molecule has 0 fully saturated rings. The van der Waals surface area contributed by atoms with Crippen LogP contribution in [-0.4, -0.2) is 36.7 Å². The molecule has 0 saturated heterocycles. The molecule has 4 N–H and O–H groups in total. The van der Waals surface area contributed by atoms with E-state index < -0.39 is 5.97 Å². The van der Waals surface area contributed by atoms with Crippen molar-refractivity contribution in [3.05, 3.63) is 27.2 Å². The molecule has 2 aromatic rings. The van der Waals surface area contributed by atoms with E-state index in [0.717, 1.165) is 4.57 Å². The summed E-state index contributed by atoms with van der Waals surface area (Å²) in [5, 5.41) is 7.99. The Balaban J connectivity index is 0.000000246. The summed E-state index contributed by atoms with van der Waals surface area (Å²) < 4.78 is 2.37. The lowest BCUT2D eigenvalue weighted by Crippen LogP contribution is -2.36. The van der Waals surface area contributed by atoms with Gasteiger partial charge in [0.2, 0.25) is 0 Å². The standard InChI is InChI=1S/C7H8N4O2.C4H9NO2/c1-10-5-4(8-3-9-5)6(12)11(2)7(10)13;5-3-1-2-4(6)7/h3H,1-2H3,(H,8,9);1-3,5H2,(H,6,7). The summed E-state index contributed by atoms with van der Waals surface area (Å²) in [6, 6.07) is 0. The van der Waals surface area contributed by atoms with E-state index in [0.29, 0.717) is 24.1 Å². The SMILES string of the molecule is Cn1c(=O)c2[nH]cnc2n(C)c1=O.NCCCC(=O)O. The number of carboxylic acids is 1. The second-order valence-corrected chi connectivity index (χ2v) is 4.09. The van der Waals surface area contributed by atoms with Gasteiger partial charge < -0.3 is 15.8 Å². The number of aryl methyl sites for hydroxylation is 1. The number of hydrogen-bond donors (Lipinski definition) is 3. The highest BCUT2D eigenvalue weighted by Crippen LogP contribution is 1.97. The average Bonchev–Trinajstić information content (AvgIpc) is 2.90. The van der Waals surface area contributed by atoms with E-state index >= 15 is 0 Å². The highest BCUT2D eigenvalue weighted by molar-refractivity contribution is 5.68. The van der Waals surface area contributed by atoms with E-state index in [4.69, 9.17) is 10.8 Å². The largest absolute Gasteiger partial charge is 0.481 e. The number of aromatic amines is 1. The number of carboxylic acid groups (broad SMARTS) is 1. The van der Waals surface area contributed by atoms with Gasteiger partial charge >= 0.3 is 11.7 Å². The van der Waals surface area contributed by atoms with Crippen molar-refractivity contribution < 1.29 is 9.90 Å². The monoisotopic (exact) mass is 283 g/mol. The molecular formula is C11H17N5O4. The highest BCUT2D eigenvalue weighted by Gasteiger charge is 2.08. The van der Waals surface area contributed by atoms with Crippen molar-refractivity contribution in [1.82, 2.24) is 19.1 Å². The first-order chi connectivity index (χ1) is 9.40. The minimum absolute atomic E-state index is 0.191. The minimum atomic E-state index is -0.773. The number of nitrogens with two attached hydrogens (primary N) is 1. The van der Waals surface area contributed by atoms with Gasteiger partial charge in [-0.2, -0.15) is 0 Å². The second kappa shape index (κ2) is 6.66. The number of carbonyl (C=O) groups is 1. The Morgan fingerprint density at radius 2 is 2.05 bits per heavy atom. The van der Waals surface area contributed by atoms with Crippen molar-refractivity contribution in [1.29, 1.82) is 0 Å². The van der Waals surface area contributed by atoms with E-state index in [-0.39, 0.29) is 17.7 Å². The molecule has 0 aromatic carbocycles. The van der Waals surface area contributed by atoms with Crippen molar-refractivity contribution in [2.75, 3.05) is 6.54 Å². The van der Waals surface area contributed by atoms with E-state index in [2.05, 4.69) is 9.97 Å². The Labute approximate surface area is 113 Å². The normalized spacial score (nSPS) is 10.2. The zero-order valence-electron chi connectivity index (χ0n) is 11.3. The summed E-state index contributed by atoms with van der Waals surface area (Å²) in [5.41, 5.74) is 5.03. The van der Waals surface area contributed by atoms with Crippen LogP contribution in [0.15, 0.2) is 15.9 Å². The van der Waals surface area contributed by atoms with Gasteiger partial charge in [-0.1, -0.05) is 0 Å². The highest BCUT2D eigenvalue weighted by atomic mass is 16.4. The van der Waals surface area contributed by atoms with Crippen molar-refractivity contribution in [3.63, 3.8) is 0 Å². The van der Waals surface area contributed by atoms with E-state index in [9.17, 15) is 14.4 Å². The van der Waals surface area contributed by atoms with Gasteiger partial charge in [0.1, 0.15) is 5.52 Å². The van der Waals surface area contributed by atoms with Gasteiger partial charge in [0.05, 0.1) is 6.33 Å². The number of H-pyrrole nitrogens is 1. The quantitative estimate of drug-likeness (QED) is 0.645. The number of nitrogens with zero attached hydrogens (tertiary/aromatic N) is 3. The fraction of sp³-hybridized carbons (Fsp3) is 0.455. The van der Waals surface area contributed by atoms with Crippen LogP contribution in [0.1, 0.15) is 12.8 Å². The number of aromatic nitrogens is 4. The van der Waals surface area contributed by atoms with Crippen molar-refractivity contribution in [2.24, 2.45) is 19.8 Å². The Kier molecular flexibility index (Phi) is 5.21. The zero-order valence-corrected chi connectivity index (χ0v) is 11.3. The molecule has 0 aliphatic heterocycles. The number of hydrogen-bond acceptors (Lipinski definition) is 5. The van der Waals surface area contributed by atoms with Gasteiger partial charge in [-0.25, -0.2) is 9.78 Å². The molecule has 0 radical (unpaired) electrons. The van der Waals surface area contributed by atoms with E-state index in [1.165, 1.54) is 17.9 Å². The number of nitrogens with one attached hydrogen (secondary N) is 1. The molecule has 0 aliphatic rings. The first-order valence-corrected chi connectivity index (χ1v) is 5.91. The van der Waals surface area contributed by atoms with Crippen LogP contribution in [0.25, 0.3) is 11.2 Å². The maximum Gasteiger partial charge on any atom is 0.332 e. The second-order valence-electron chi connectivity index (χ2n) is 4.09. The average molecular weight is 283 g/mol. The molecule has 2 aromatic heterocycles. The smallest absolute Gasteiger partial charge is 0.332 e. The minimum Gasteiger partial charge on any atom is -0.481 e. The summed E-state index contributed by atoms with van der Waals surface area (Å²) in [7, 11) is 3.01. The molecular weight excluding hydrogens is 266 g/mol. The zero-order chi connectivity index (χ0) is 15.3.